The number of ether oxygens (including phenoxy) is 4. The van der Waals surface area contributed by atoms with Crippen LogP contribution in [0.2, 0.25) is 0 Å². The summed E-state index contributed by atoms with van der Waals surface area (Å²) in [6, 6.07) is 16.8. The van der Waals surface area contributed by atoms with E-state index in [9.17, 15) is 9.18 Å². The monoisotopic (exact) mass is 585 g/mol. The molecule has 3 aromatic carbocycles. The van der Waals surface area contributed by atoms with E-state index in [-0.39, 0.29) is 24.5 Å². The van der Waals surface area contributed by atoms with Crippen LogP contribution in [-0.2, 0) is 22.6 Å². The van der Waals surface area contributed by atoms with Gasteiger partial charge < -0.3 is 23.5 Å². The number of imidazole rings is 1. The Morgan fingerprint density at radius 1 is 1.07 bits per heavy atom. The van der Waals surface area contributed by atoms with Gasteiger partial charge in [-0.1, -0.05) is 24.3 Å². The lowest BCUT2D eigenvalue weighted by molar-refractivity contribution is -0.0592. The maximum absolute atomic E-state index is 14.6. The van der Waals surface area contributed by atoms with Crippen molar-refractivity contribution in [3.63, 3.8) is 0 Å². The second-order valence-corrected chi connectivity index (χ2v) is 11.8. The summed E-state index contributed by atoms with van der Waals surface area (Å²) < 4.78 is 40.1. The fraction of sp³-hybridized carbons (Fsp3) is 0.412. The molecule has 2 saturated heterocycles. The molecule has 4 aromatic rings. The van der Waals surface area contributed by atoms with E-state index < -0.39 is 6.10 Å². The largest absolute Gasteiger partial charge is 0.485 e. The highest BCUT2D eigenvalue weighted by Gasteiger charge is 2.31. The van der Waals surface area contributed by atoms with Gasteiger partial charge in [0, 0.05) is 17.7 Å². The van der Waals surface area contributed by atoms with E-state index in [0.717, 1.165) is 79.2 Å². The van der Waals surface area contributed by atoms with Crippen molar-refractivity contribution in [2.24, 2.45) is 0 Å². The summed E-state index contributed by atoms with van der Waals surface area (Å²) >= 11 is 0. The summed E-state index contributed by atoms with van der Waals surface area (Å²) in [5.74, 6) is 2.16. The molecule has 0 aliphatic carbocycles. The van der Waals surface area contributed by atoms with E-state index in [2.05, 4.69) is 15.5 Å². The predicted molar refractivity (Wildman–Crippen MR) is 159 cm³/mol. The zero-order chi connectivity index (χ0) is 29.5. The Kier molecular flexibility index (Phi) is 7.53. The number of piperidine rings is 1. The Bertz CT molecular complexity index is 1660. The lowest BCUT2D eigenvalue weighted by Crippen LogP contribution is -2.35. The van der Waals surface area contributed by atoms with Gasteiger partial charge in [0.05, 0.1) is 42.9 Å². The second kappa shape index (κ2) is 11.6. The molecule has 0 N–H and O–H groups in total. The molecule has 0 amide bonds. The van der Waals surface area contributed by atoms with Crippen LogP contribution in [0.3, 0.4) is 0 Å². The fourth-order valence-corrected chi connectivity index (χ4v) is 6.47. The molecule has 2 atom stereocenters. The molecule has 7 rings (SSSR count). The highest BCUT2D eigenvalue weighted by Crippen LogP contribution is 2.44. The van der Waals surface area contributed by atoms with Crippen molar-refractivity contribution in [3.8, 4) is 11.5 Å². The number of aromatic nitrogens is 2. The summed E-state index contributed by atoms with van der Waals surface area (Å²) in [6.07, 6.45) is 2.67. The number of nitrogens with zero attached hydrogens (tertiary/aromatic N) is 3. The van der Waals surface area contributed by atoms with Gasteiger partial charge in [-0.15, -0.1) is 0 Å². The highest BCUT2D eigenvalue weighted by atomic mass is 19.1. The van der Waals surface area contributed by atoms with Crippen LogP contribution in [0, 0.1) is 12.7 Å². The van der Waals surface area contributed by atoms with Crippen molar-refractivity contribution >= 4 is 17.0 Å². The zero-order valence-electron chi connectivity index (χ0n) is 24.6. The number of methoxy groups -OCH3 is 1. The Hall–Kier alpha value is -3.95. The molecule has 2 unspecified atom stereocenters. The van der Waals surface area contributed by atoms with Gasteiger partial charge in [-0.25, -0.2) is 14.2 Å². The average Bonchev–Trinajstić information content (AvgIpc) is 3.34. The number of halogens is 1. The summed E-state index contributed by atoms with van der Waals surface area (Å²) in [7, 11) is 1.40. The molecule has 0 spiro atoms. The molecule has 0 saturated carbocycles. The minimum atomic E-state index is -0.474. The number of hydrogen-bond donors (Lipinski definition) is 0. The number of benzene rings is 3. The third-order valence-electron chi connectivity index (χ3n) is 8.98. The molecule has 3 aliphatic heterocycles. The molecular weight excluding hydrogens is 549 g/mol. The normalized spacial score (nSPS) is 20.6. The Morgan fingerprint density at radius 2 is 1.91 bits per heavy atom. The first-order chi connectivity index (χ1) is 21.0. The molecule has 0 radical (unpaired) electrons. The minimum absolute atomic E-state index is 0.164. The first-order valence-electron chi connectivity index (χ1n) is 15.1. The van der Waals surface area contributed by atoms with Gasteiger partial charge in [0.25, 0.3) is 0 Å². The van der Waals surface area contributed by atoms with Crippen LogP contribution in [0.25, 0.3) is 11.0 Å². The van der Waals surface area contributed by atoms with Gasteiger partial charge in [-0.05, 0) is 81.1 Å². The van der Waals surface area contributed by atoms with E-state index in [0.29, 0.717) is 29.3 Å². The molecule has 43 heavy (non-hydrogen) atoms. The van der Waals surface area contributed by atoms with E-state index >= 15 is 0 Å². The summed E-state index contributed by atoms with van der Waals surface area (Å²) in [5.41, 5.74) is 4.88. The maximum atomic E-state index is 14.6. The first-order valence-corrected chi connectivity index (χ1v) is 15.1. The molecule has 224 valence electrons. The number of aryl methyl sites for hydroxylation is 1. The highest BCUT2D eigenvalue weighted by molar-refractivity contribution is 5.93. The van der Waals surface area contributed by atoms with Gasteiger partial charge in [0.2, 0.25) is 0 Å². The van der Waals surface area contributed by atoms with Crippen LogP contribution in [-0.4, -0.2) is 59.9 Å². The quantitative estimate of drug-likeness (QED) is 0.248. The number of likely N-dealkylation sites (tertiary alicyclic amines) is 1. The van der Waals surface area contributed by atoms with Gasteiger partial charge in [-0.3, -0.25) is 4.90 Å². The molecule has 0 bridgehead atoms. The zero-order valence-corrected chi connectivity index (χ0v) is 24.6. The molecule has 1 aromatic heterocycles. The van der Waals surface area contributed by atoms with Gasteiger partial charge in [-0.2, -0.15) is 0 Å². The van der Waals surface area contributed by atoms with Gasteiger partial charge in [0.15, 0.2) is 17.6 Å². The standard InChI is InChI=1S/C34H36FN3O5/c1-21-6-8-26(27(35)16-21)31-20-42-33-25(4-3-5-30(33)43-31)22-10-13-37(14-11-22)19-32-36-28-9-7-23(34(39)40-2)17-29(28)38(32)18-24-12-15-41-24/h3-9,16-17,22,24,31H,10-15,18-20H2,1-2H3. The SMILES string of the molecule is COC(=O)c1ccc2nc(CN3CCC(c4cccc5c4OCC(c4ccc(C)cc4F)O5)CC3)n(CC3CCO3)c2c1. The van der Waals surface area contributed by atoms with Crippen LogP contribution in [0.1, 0.15) is 64.2 Å². The van der Waals surface area contributed by atoms with Crippen molar-refractivity contribution in [1.29, 1.82) is 0 Å². The van der Waals surface area contributed by atoms with E-state index in [1.807, 2.05) is 37.3 Å². The van der Waals surface area contributed by atoms with Crippen molar-refractivity contribution in [3.05, 3.63) is 88.5 Å². The number of esters is 1. The second-order valence-electron chi connectivity index (χ2n) is 11.8. The lowest BCUT2D eigenvalue weighted by atomic mass is 9.88. The number of hydrogen-bond acceptors (Lipinski definition) is 7. The summed E-state index contributed by atoms with van der Waals surface area (Å²) in [4.78, 5) is 19.6. The Labute approximate surface area is 250 Å². The number of rotatable bonds is 7. The summed E-state index contributed by atoms with van der Waals surface area (Å²) in [6.45, 7) is 6.22. The summed E-state index contributed by atoms with van der Waals surface area (Å²) in [5, 5.41) is 0. The first kappa shape index (κ1) is 27.9. The van der Waals surface area contributed by atoms with Gasteiger partial charge >= 0.3 is 5.97 Å². The van der Waals surface area contributed by atoms with Crippen LogP contribution in [0.5, 0.6) is 11.5 Å². The van der Waals surface area contributed by atoms with E-state index in [1.54, 1.807) is 12.1 Å². The number of carbonyl (C=O) groups excluding carboxylic acids is 1. The number of fused-ring (bicyclic) bond motifs is 2. The van der Waals surface area contributed by atoms with Crippen molar-refractivity contribution in [2.45, 2.75) is 57.4 Å². The van der Waals surface area contributed by atoms with Crippen molar-refractivity contribution in [1.82, 2.24) is 14.5 Å². The minimum Gasteiger partial charge on any atom is -0.485 e. The fourth-order valence-electron chi connectivity index (χ4n) is 6.47. The smallest absolute Gasteiger partial charge is 0.337 e. The third kappa shape index (κ3) is 5.47. The third-order valence-corrected chi connectivity index (χ3v) is 8.98. The number of para-hydroxylation sites is 1. The molecule has 4 heterocycles. The van der Waals surface area contributed by atoms with Crippen LogP contribution in [0.15, 0.2) is 54.6 Å². The van der Waals surface area contributed by atoms with Crippen LogP contribution in [0.4, 0.5) is 4.39 Å². The molecule has 3 aliphatic rings. The lowest BCUT2D eigenvalue weighted by Gasteiger charge is -2.35. The molecular formula is C34H36FN3O5. The Morgan fingerprint density at radius 3 is 2.65 bits per heavy atom. The van der Waals surface area contributed by atoms with Crippen LogP contribution >= 0.6 is 0 Å². The van der Waals surface area contributed by atoms with Gasteiger partial charge in [0.1, 0.15) is 18.2 Å². The van der Waals surface area contributed by atoms with Crippen molar-refractivity contribution in [2.75, 3.05) is 33.4 Å². The molecule has 2 fully saturated rings. The topological polar surface area (TPSA) is 75.0 Å². The molecule has 8 nitrogen and oxygen atoms in total. The average molecular weight is 586 g/mol. The Balaban J connectivity index is 1.05. The maximum Gasteiger partial charge on any atom is 0.337 e. The predicted octanol–water partition coefficient (Wildman–Crippen LogP) is 5.95. The van der Waals surface area contributed by atoms with E-state index in [1.165, 1.54) is 13.2 Å². The number of carbonyl (C=O) groups is 1. The van der Waals surface area contributed by atoms with Crippen molar-refractivity contribution < 1.29 is 28.1 Å². The van der Waals surface area contributed by atoms with Crippen LogP contribution < -0.4 is 9.47 Å². The van der Waals surface area contributed by atoms with E-state index in [4.69, 9.17) is 23.9 Å². The molecule has 9 heteroatoms.